The lowest BCUT2D eigenvalue weighted by atomic mass is 10.2. The predicted octanol–water partition coefficient (Wildman–Crippen LogP) is 1.82. The molecule has 0 amide bonds. The monoisotopic (exact) mass is 273 g/mol. The van der Waals surface area contributed by atoms with E-state index in [-0.39, 0.29) is 0 Å². The summed E-state index contributed by atoms with van der Waals surface area (Å²) in [6.45, 7) is 11.4. The molecule has 0 atom stereocenters. The molecule has 0 bridgehead atoms. The summed E-state index contributed by atoms with van der Waals surface area (Å²) in [5, 5.41) is 3.39. The first-order chi connectivity index (χ1) is 8.59. The molecule has 5 heteroatoms. The molecular formula is C13H27N3OS. The van der Waals surface area contributed by atoms with Crippen molar-refractivity contribution in [1.82, 2.24) is 10.2 Å². The van der Waals surface area contributed by atoms with Crippen molar-refractivity contribution in [2.45, 2.75) is 31.9 Å². The maximum atomic E-state index is 5.06. The minimum Gasteiger partial charge on any atom is -0.385 e. The summed E-state index contributed by atoms with van der Waals surface area (Å²) in [6.07, 6.45) is 0.984. The summed E-state index contributed by atoms with van der Waals surface area (Å²) in [5.41, 5.74) is 0. The number of aliphatic imine (C=N–C) groups is 1. The van der Waals surface area contributed by atoms with Gasteiger partial charge in [0.1, 0.15) is 0 Å². The molecule has 1 aliphatic rings. The highest BCUT2D eigenvalue weighted by atomic mass is 32.2. The van der Waals surface area contributed by atoms with Gasteiger partial charge in [-0.1, -0.05) is 0 Å². The molecule has 0 aromatic heterocycles. The quantitative estimate of drug-likeness (QED) is 0.471. The van der Waals surface area contributed by atoms with Crippen molar-refractivity contribution in [2.75, 3.05) is 45.6 Å². The predicted molar refractivity (Wildman–Crippen MR) is 80.6 cm³/mol. The van der Waals surface area contributed by atoms with Gasteiger partial charge in [-0.3, -0.25) is 4.99 Å². The van der Waals surface area contributed by atoms with Gasteiger partial charge in [-0.25, -0.2) is 0 Å². The first-order valence-corrected chi connectivity index (χ1v) is 7.74. The van der Waals surface area contributed by atoms with Crippen molar-refractivity contribution >= 4 is 17.7 Å². The number of ether oxygens (including phenoxy) is 1. The van der Waals surface area contributed by atoms with E-state index in [1.54, 1.807) is 7.11 Å². The van der Waals surface area contributed by atoms with E-state index in [9.17, 15) is 0 Å². The van der Waals surface area contributed by atoms with Crippen LogP contribution in [0.5, 0.6) is 0 Å². The second kappa shape index (κ2) is 7.89. The first-order valence-electron chi connectivity index (χ1n) is 6.75. The van der Waals surface area contributed by atoms with Gasteiger partial charge in [0.15, 0.2) is 5.96 Å². The third-order valence-electron chi connectivity index (χ3n) is 2.83. The number of methoxy groups -OCH3 is 1. The molecule has 1 aliphatic heterocycles. The Morgan fingerprint density at radius 1 is 1.50 bits per heavy atom. The second-order valence-electron chi connectivity index (χ2n) is 5.11. The van der Waals surface area contributed by atoms with Gasteiger partial charge in [-0.2, -0.15) is 11.8 Å². The van der Waals surface area contributed by atoms with Gasteiger partial charge in [0.2, 0.25) is 0 Å². The topological polar surface area (TPSA) is 36.9 Å². The summed E-state index contributed by atoms with van der Waals surface area (Å²) in [5.74, 6) is 2.23. The molecular weight excluding hydrogens is 246 g/mol. The zero-order chi connectivity index (χ0) is 13.4. The molecule has 0 radical (unpaired) electrons. The number of guanidine groups is 1. The van der Waals surface area contributed by atoms with E-state index in [1.807, 2.05) is 11.8 Å². The summed E-state index contributed by atoms with van der Waals surface area (Å²) in [7, 11) is 1.74. The Morgan fingerprint density at radius 3 is 2.89 bits per heavy atom. The normalized spacial score (nSPS) is 20.0. The van der Waals surface area contributed by atoms with Gasteiger partial charge in [-0.05, 0) is 27.2 Å². The summed E-state index contributed by atoms with van der Waals surface area (Å²) in [4.78, 5) is 7.06. The van der Waals surface area contributed by atoms with Crippen LogP contribution in [-0.4, -0.2) is 61.3 Å². The lowest BCUT2D eigenvalue weighted by molar-refractivity contribution is 0.197. The van der Waals surface area contributed by atoms with Crippen LogP contribution in [0.25, 0.3) is 0 Å². The zero-order valence-corrected chi connectivity index (χ0v) is 13.0. The molecule has 1 N–H and O–H groups in total. The Kier molecular flexibility index (Phi) is 6.86. The standard InChI is InChI=1S/C13H27N3OS/c1-5-14-12(15-7-6-9-17-4)16-8-10-18-13(2,3)11-16/h5-11H2,1-4H3,(H,14,15). The lowest BCUT2D eigenvalue weighted by Crippen LogP contribution is -2.51. The summed E-state index contributed by atoms with van der Waals surface area (Å²) >= 11 is 2.05. The lowest BCUT2D eigenvalue weighted by Gasteiger charge is -2.39. The Hall–Kier alpha value is -0.420. The highest BCUT2D eigenvalue weighted by Gasteiger charge is 2.28. The van der Waals surface area contributed by atoms with E-state index >= 15 is 0 Å². The van der Waals surface area contributed by atoms with Crippen molar-refractivity contribution in [1.29, 1.82) is 0 Å². The molecule has 1 rings (SSSR count). The number of hydrogen-bond donors (Lipinski definition) is 1. The van der Waals surface area contributed by atoms with Crippen LogP contribution in [0.15, 0.2) is 4.99 Å². The SMILES string of the molecule is CCNC(=NCCCOC)N1CCSC(C)(C)C1. The number of nitrogens with one attached hydrogen (secondary N) is 1. The average molecular weight is 273 g/mol. The Morgan fingerprint density at radius 2 is 2.28 bits per heavy atom. The Labute approximate surface area is 116 Å². The van der Waals surface area contributed by atoms with E-state index in [4.69, 9.17) is 4.74 Å². The van der Waals surface area contributed by atoms with Crippen LogP contribution in [-0.2, 0) is 4.74 Å². The Balaban J connectivity index is 2.54. The maximum Gasteiger partial charge on any atom is 0.193 e. The van der Waals surface area contributed by atoms with Crippen molar-refractivity contribution in [3.05, 3.63) is 0 Å². The largest absolute Gasteiger partial charge is 0.385 e. The number of hydrogen-bond acceptors (Lipinski definition) is 3. The van der Waals surface area contributed by atoms with Crippen LogP contribution < -0.4 is 5.32 Å². The first kappa shape index (κ1) is 15.6. The Bertz CT molecular complexity index is 269. The molecule has 0 spiro atoms. The minimum atomic E-state index is 0.320. The van der Waals surface area contributed by atoms with E-state index in [1.165, 1.54) is 5.75 Å². The van der Waals surface area contributed by atoms with E-state index < -0.39 is 0 Å². The third-order valence-corrected chi connectivity index (χ3v) is 4.13. The highest BCUT2D eigenvalue weighted by Crippen LogP contribution is 2.29. The van der Waals surface area contributed by atoms with Crippen LogP contribution in [0.2, 0.25) is 0 Å². The zero-order valence-electron chi connectivity index (χ0n) is 12.2. The number of nitrogens with zero attached hydrogens (tertiary/aromatic N) is 2. The van der Waals surface area contributed by atoms with Crippen molar-refractivity contribution in [2.24, 2.45) is 4.99 Å². The van der Waals surface area contributed by atoms with E-state index in [0.29, 0.717) is 4.75 Å². The van der Waals surface area contributed by atoms with Crippen molar-refractivity contribution in [3.8, 4) is 0 Å². The van der Waals surface area contributed by atoms with Crippen LogP contribution in [0.4, 0.5) is 0 Å². The fourth-order valence-corrected chi connectivity index (χ4v) is 3.13. The average Bonchev–Trinajstić information content (AvgIpc) is 2.32. The van der Waals surface area contributed by atoms with Gasteiger partial charge in [0.25, 0.3) is 0 Å². The smallest absolute Gasteiger partial charge is 0.193 e. The molecule has 0 unspecified atom stereocenters. The molecule has 18 heavy (non-hydrogen) atoms. The fraction of sp³-hybridized carbons (Fsp3) is 0.923. The second-order valence-corrected chi connectivity index (χ2v) is 6.91. The van der Waals surface area contributed by atoms with E-state index in [2.05, 4.69) is 36.0 Å². The molecule has 1 saturated heterocycles. The summed E-state index contributed by atoms with van der Waals surface area (Å²) in [6, 6.07) is 0. The van der Waals surface area contributed by atoms with Crippen LogP contribution in [0.3, 0.4) is 0 Å². The number of thioether (sulfide) groups is 1. The molecule has 0 aliphatic carbocycles. The van der Waals surface area contributed by atoms with Gasteiger partial charge >= 0.3 is 0 Å². The highest BCUT2D eigenvalue weighted by molar-refractivity contribution is 8.00. The molecule has 106 valence electrons. The van der Waals surface area contributed by atoms with Crippen molar-refractivity contribution in [3.63, 3.8) is 0 Å². The van der Waals surface area contributed by atoms with Gasteiger partial charge in [-0.15, -0.1) is 0 Å². The van der Waals surface area contributed by atoms with Crippen LogP contribution >= 0.6 is 11.8 Å². The minimum absolute atomic E-state index is 0.320. The van der Waals surface area contributed by atoms with Gasteiger partial charge in [0, 0.05) is 50.4 Å². The molecule has 1 heterocycles. The molecule has 0 aromatic rings. The van der Waals surface area contributed by atoms with Crippen molar-refractivity contribution < 1.29 is 4.74 Å². The van der Waals surface area contributed by atoms with Gasteiger partial charge in [0.05, 0.1) is 0 Å². The maximum absolute atomic E-state index is 5.06. The van der Waals surface area contributed by atoms with Crippen LogP contribution in [0.1, 0.15) is 27.2 Å². The molecule has 0 saturated carbocycles. The summed E-state index contributed by atoms with van der Waals surface area (Å²) < 4.78 is 5.38. The van der Waals surface area contributed by atoms with E-state index in [0.717, 1.165) is 45.2 Å². The molecule has 1 fully saturated rings. The molecule has 4 nitrogen and oxygen atoms in total. The van der Waals surface area contributed by atoms with Crippen LogP contribution in [0, 0.1) is 0 Å². The number of rotatable bonds is 5. The fourth-order valence-electron chi connectivity index (χ4n) is 2.02. The van der Waals surface area contributed by atoms with Gasteiger partial charge < -0.3 is 15.0 Å². The molecule has 0 aromatic carbocycles. The third kappa shape index (κ3) is 5.48.